The molecule has 8 nitrogen and oxygen atoms in total. The summed E-state index contributed by atoms with van der Waals surface area (Å²) in [4.78, 5) is 16.1. The Morgan fingerprint density at radius 1 is 1.40 bits per heavy atom. The summed E-state index contributed by atoms with van der Waals surface area (Å²) >= 11 is 0. The van der Waals surface area contributed by atoms with Crippen molar-refractivity contribution in [2.24, 2.45) is 0 Å². The van der Waals surface area contributed by atoms with Crippen LogP contribution in [-0.2, 0) is 0 Å². The van der Waals surface area contributed by atoms with Crippen LogP contribution in [0.1, 0.15) is 17.3 Å². The molecule has 2 aromatic heterocycles. The first kappa shape index (κ1) is 12.2. The molecule has 8 heteroatoms. The summed E-state index contributed by atoms with van der Waals surface area (Å²) < 4.78 is 5.10. The minimum atomic E-state index is -0.285. The van der Waals surface area contributed by atoms with Crippen LogP contribution in [0.15, 0.2) is 24.4 Å². The lowest BCUT2D eigenvalue weighted by molar-refractivity contribution is 0.102. The highest BCUT2D eigenvalue weighted by atomic mass is 16.5. The molecule has 1 aromatic carbocycles. The van der Waals surface area contributed by atoms with Gasteiger partial charge in [0.2, 0.25) is 5.95 Å². The summed E-state index contributed by atoms with van der Waals surface area (Å²) in [6.07, 6.45) is 1.66. The van der Waals surface area contributed by atoms with Crippen molar-refractivity contribution in [2.45, 2.75) is 6.92 Å². The SMILES string of the molecule is CCOc1n[nH]c(NC(=O)c2ccc3[nH]ncc3c2)n1. The first-order valence-corrected chi connectivity index (χ1v) is 6.06. The average molecular weight is 272 g/mol. The van der Waals surface area contributed by atoms with Gasteiger partial charge in [0.1, 0.15) is 0 Å². The molecular weight excluding hydrogens is 260 g/mol. The molecule has 1 amide bonds. The molecule has 0 unspecified atom stereocenters. The Bertz CT molecular complexity index is 747. The maximum atomic E-state index is 12.1. The Hall–Kier alpha value is -2.90. The molecule has 20 heavy (non-hydrogen) atoms. The topological polar surface area (TPSA) is 109 Å². The molecule has 0 aliphatic carbocycles. The predicted octanol–water partition coefficient (Wildman–Crippen LogP) is 1.33. The van der Waals surface area contributed by atoms with Crippen molar-refractivity contribution in [2.75, 3.05) is 11.9 Å². The van der Waals surface area contributed by atoms with Crippen molar-refractivity contribution in [1.82, 2.24) is 25.4 Å². The Morgan fingerprint density at radius 2 is 2.30 bits per heavy atom. The summed E-state index contributed by atoms with van der Waals surface area (Å²) in [5.41, 5.74) is 1.38. The molecule has 0 atom stereocenters. The van der Waals surface area contributed by atoms with Crippen LogP contribution in [0, 0.1) is 0 Å². The number of anilines is 1. The van der Waals surface area contributed by atoms with Gasteiger partial charge in [-0.15, -0.1) is 5.10 Å². The van der Waals surface area contributed by atoms with Crippen LogP contribution >= 0.6 is 0 Å². The lowest BCUT2D eigenvalue weighted by Crippen LogP contribution is -2.12. The number of aromatic nitrogens is 5. The fourth-order valence-electron chi connectivity index (χ4n) is 1.76. The third kappa shape index (κ3) is 2.30. The second kappa shape index (κ2) is 5.00. The van der Waals surface area contributed by atoms with Crippen LogP contribution < -0.4 is 10.1 Å². The van der Waals surface area contributed by atoms with Gasteiger partial charge in [-0.25, -0.2) is 5.10 Å². The van der Waals surface area contributed by atoms with Gasteiger partial charge in [0.15, 0.2) is 0 Å². The molecule has 3 aromatic rings. The van der Waals surface area contributed by atoms with Gasteiger partial charge in [-0.3, -0.25) is 15.2 Å². The number of H-pyrrole nitrogens is 2. The summed E-state index contributed by atoms with van der Waals surface area (Å²) in [6.45, 7) is 2.29. The molecule has 0 fully saturated rings. The number of hydrogen-bond donors (Lipinski definition) is 3. The van der Waals surface area contributed by atoms with Crippen LogP contribution in [0.3, 0.4) is 0 Å². The number of nitrogens with zero attached hydrogens (tertiary/aromatic N) is 3. The number of carbonyl (C=O) groups is 1. The highest BCUT2D eigenvalue weighted by molar-refractivity contribution is 6.05. The molecule has 0 radical (unpaired) electrons. The van der Waals surface area contributed by atoms with Crippen LogP contribution in [0.2, 0.25) is 0 Å². The molecule has 3 rings (SSSR count). The summed E-state index contributed by atoms with van der Waals surface area (Å²) in [5, 5.41) is 16.6. The van der Waals surface area contributed by atoms with E-state index in [0.717, 1.165) is 10.9 Å². The summed E-state index contributed by atoms with van der Waals surface area (Å²) in [7, 11) is 0. The Labute approximate surface area is 113 Å². The Kier molecular flexibility index (Phi) is 3.04. The third-order valence-electron chi connectivity index (χ3n) is 2.67. The van der Waals surface area contributed by atoms with Gasteiger partial charge in [0, 0.05) is 10.9 Å². The van der Waals surface area contributed by atoms with Crippen molar-refractivity contribution in [3.05, 3.63) is 30.0 Å². The Balaban J connectivity index is 1.77. The van der Waals surface area contributed by atoms with Gasteiger partial charge in [0.05, 0.1) is 18.3 Å². The summed E-state index contributed by atoms with van der Waals surface area (Å²) in [6, 6.07) is 5.44. The molecule has 102 valence electrons. The maximum absolute atomic E-state index is 12.1. The fourth-order valence-corrected chi connectivity index (χ4v) is 1.76. The van der Waals surface area contributed by atoms with Crippen LogP contribution in [0.4, 0.5) is 5.95 Å². The molecule has 3 N–H and O–H groups in total. The number of rotatable bonds is 4. The average Bonchev–Trinajstić information content (AvgIpc) is 3.07. The second-order valence-corrected chi connectivity index (χ2v) is 4.03. The van der Waals surface area contributed by atoms with Gasteiger partial charge in [-0.05, 0) is 25.1 Å². The number of nitrogens with one attached hydrogen (secondary N) is 3. The number of ether oxygens (including phenoxy) is 1. The smallest absolute Gasteiger partial charge is 0.337 e. The minimum Gasteiger partial charge on any atom is -0.463 e. The van der Waals surface area contributed by atoms with Crippen molar-refractivity contribution in [3.63, 3.8) is 0 Å². The monoisotopic (exact) mass is 272 g/mol. The van der Waals surface area contributed by atoms with Crippen LogP contribution in [-0.4, -0.2) is 37.9 Å². The van der Waals surface area contributed by atoms with Gasteiger partial charge < -0.3 is 4.74 Å². The van der Waals surface area contributed by atoms with Crippen molar-refractivity contribution in [3.8, 4) is 6.01 Å². The number of carbonyl (C=O) groups excluding carboxylic acids is 1. The highest BCUT2D eigenvalue weighted by Gasteiger charge is 2.10. The van der Waals surface area contributed by atoms with Crippen molar-refractivity contribution >= 4 is 22.8 Å². The van der Waals surface area contributed by atoms with Gasteiger partial charge in [-0.1, -0.05) is 0 Å². The van der Waals surface area contributed by atoms with Crippen molar-refractivity contribution < 1.29 is 9.53 Å². The molecule has 2 heterocycles. The van der Waals surface area contributed by atoms with E-state index in [-0.39, 0.29) is 17.9 Å². The van der Waals surface area contributed by atoms with Gasteiger partial charge in [0.25, 0.3) is 5.91 Å². The van der Waals surface area contributed by atoms with Crippen LogP contribution in [0.25, 0.3) is 10.9 Å². The van der Waals surface area contributed by atoms with Gasteiger partial charge >= 0.3 is 6.01 Å². The first-order valence-electron chi connectivity index (χ1n) is 6.06. The molecule has 0 saturated carbocycles. The quantitative estimate of drug-likeness (QED) is 0.664. The molecular formula is C12H12N6O2. The van der Waals surface area contributed by atoms with E-state index < -0.39 is 0 Å². The standard InChI is InChI=1S/C12H12N6O2/c1-2-20-12-15-11(17-18-12)14-10(19)7-3-4-9-8(5-7)6-13-16-9/h3-6H,2H2,1H3,(H,13,16)(H2,14,15,17,18,19). The molecule has 0 aliphatic heterocycles. The predicted molar refractivity (Wildman–Crippen MR) is 71.6 cm³/mol. The molecule has 0 bridgehead atoms. The van der Waals surface area contributed by atoms with E-state index in [4.69, 9.17) is 4.74 Å². The molecule has 0 saturated heterocycles. The Morgan fingerprint density at radius 3 is 3.15 bits per heavy atom. The number of hydrogen-bond acceptors (Lipinski definition) is 5. The maximum Gasteiger partial charge on any atom is 0.337 e. The van der Waals surface area contributed by atoms with E-state index in [1.165, 1.54) is 0 Å². The number of fused-ring (bicyclic) bond motifs is 1. The molecule has 0 spiro atoms. The summed E-state index contributed by atoms with van der Waals surface area (Å²) in [5.74, 6) is -0.0435. The van der Waals surface area contributed by atoms with Crippen LogP contribution in [0.5, 0.6) is 6.01 Å². The second-order valence-electron chi connectivity index (χ2n) is 4.03. The van der Waals surface area contributed by atoms with E-state index in [9.17, 15) is 4.79 Å². The van der Waals surface area contributed by atoms with Gasteiger partial charge in [-0.2, -0.15) is 10.1 Å². The largest absolute Gasteiger partial charge is 0.463 e. The lowest BCUT2D eigenvalue weighted by Gasteiger charge is -2.01. The first-order chi connectivity index (χ1) is 9.76. The normalized spacial score (nSPS) is 10.7. The number of benzene rings is 1. The highest BCUT2D eigenvalue weighted by Crippen LogP contribution is 2.14. The zero-order valence-corrected chi connectivity index (χ0v) is 10.7. The van der Waals surface area contributed by atoms with E-state index >= 15 is 0 Å². The van der Waals surface area contributed by atoms with Crippen molar-refractivity contribution in [1.29, 1.82) is 0 Å². The van der Waals surface area contributed by atoms with E-state index in [1.807, 2.05) is 6.92 Å². The fraction of sp³-hybridized carbons (Fsp3) is 0.167. The zero-order valence-electron chi connectivity index (χ0n) is 10.7. The lowest BCUT2D eigenvalue weighted by atomic mass is 10.1. The van der Waals surface area contributed by atoms with E-state index in [1.54, 1.807) is 24.4 Å². The number of aromatic amines is 2. The van der Waals surface area contributed by atoms with E-state index in [2.05, 4.69) is 30.7 Å². The molecule has 0 aliphatic rings. The third-order valence-corrected chi connectivity index (χ3v) is 2.67. The zero-order chi connectivity index (χ0) is 13.9. The number of amides is 1. The minimum absolute atomic E-state index is 0.202. The van der Waals surface area contributed by atoms with E-state index in [0.29, 0.717) is 12.2 Å².